The predicted octanol–water partition coefficient (Wildman–Crippen LogP) is 2.94. The number of ether oxygens (including phenoxy) is 1. The van der Waals surface area contributed by atoms with Crippen LogP contribution in [0.4, 0.5) is 0 Å². The van der Waals surface area contributed by atoms with E-state index < -0.39 is 5.97 Å². The van der Waals surface area contributed by atoms with Crippen molar-refractivity contribution in [2.24, 2.45) is 5.92 Å². The highest BCUT2D eigenvalue weighted by Crippen LogP contribution is 2.22. The molecule has 1 unspecified atom stereocenters. The summed E-state index contributed by atoms with van der Waals surface area (Å²) in [7, 11) is 1.62. The number of aryl methyl sites for hydroxylation is 1. The number of carboxylic acid groups (broad SMARTS) is 1. The van der Waals surface area contributed by atoms with E-state index >= 15 is 0 Å². The van der Waals surface area contributed by atoms with Crippen LogP contribution < -0.4 is 10.1 Å². The second kappa shape index (κ2) is 7.88. The van der Waals surface area contributed by atoms with Gasteiger partial charge in [-0.15, -0.1) is 0 Å². The first-order valence-electron chi connectivity index (χ1n) is 8.16. The van der Waals surface area contributed by atoms with Crippen molar-refractivity contribution in [3.05, 3.63) is 47.3 Å². The van der Waals surface area contributed by atoms with E-state index in [1.807, 2.05) is 48.7 Å². The standard InChI is InChI=1S/C19H24N2O4/c1-12(9-18(22)23)11-20-19(24)17-10-13(2)21(14(17)3)15-5-7-16(25-4)8-6-15/h5-8,10,12H,9,11H2,1-4H3,(H,20,24)(H,22,23). The summed E-state index contributed by atoms with van der Waals surface area (Å²) in [5, 5.41) is 11.6. The second-order valence-electron chi connectivity index (χ2n) is 6.23. The maximum Gasteiger partial charge on any atom is 0.303 e. The van der Waals surface area contributed by atoms with Gasteiger partial charge in [-0.05, 0) is 50.1 Å². The molecule has 2 aromatic rings. The summed E-state index contributed by atoms with van der Waals surface area (Å²) in [6, 6.07) is 9.48. The molecule has 134 valence electrons. The number of hydrogen-bond acceptors (Lipinski definition) is 3. The molecule has 0 bridgehead atoms. The number of carbonyl (C=O) groups is 2. The number of nitrogens with one attached hydrogen (secondary N) is 1. The van der Waals surface area contributed by atoms with Gasteiger partial charge in [-0.1, -0.05) is 6.92 Å². The quantitative estimate of drug-likeness (QED) is 0.809. The van der Waals surface area contributed by atoms with Gasteiger partial charge < -0.3 is 19.7 Å². The fourth-order valence-corrected chi connectivity index (χ4v) is 2.85. The Hall–Kier alpha value is -2.76. The first-order valence-corrected chi connectivity index (χ1v) is 8.16. The second-order valence-corrected chi connectivity index (χ2v) is 6.23. The zero-order chi connectivity index (χ0) is 18.6. The zero-order valence-electron chi connectivity index (χ0n) is 15.0. The number of aliphatic carboxylic acids is 1. The van der Waals surface area contributed by atoms with E-state index in [0.29, 0.717) is 12.1 Å². The van der Waals surface area contributed by atoms with Gasteiger partial charge in [0, 0.05) is 30.0 Å². The van der Waals surface area contributed by atoms with Crippen molar-refractivity contribution >= 4 is 11.9 Å². The highest BCUT2D eigenvalue weighted by atomic mass is 16.5. The minimum atomic E-state index is -0.862. The van der Waals surface area contributed by atoms with Crippen LogP contribution in [0.2, 0.25) is 0 Å². The smallest absolute Gasteiger partial charge is 0.303 e. The largest absolute Gasteiger partial charge is 0.497 e. The van der Waals surface area contributed by atoms with Crippen molar-refractivity contribution in [3.63, 3.8) is 0 Å². The molecule has 0 aliphatic rings. The van der Waals surface area contributed by atoms with E-state index in [1.165, 1.54) is 0 Å². The molecule has 25 heavy (non-hydrogen) atoms. The van der Waals surface area contributed by atoms with E-state index in [-0.39, 0.29) is 18.2 Å². The Morgan fingerprint density at radius 2 is 1.88 bits per heavy atom. The molecule has 0 spiro atoms. The Morgan fingerprint density at radius 3 is 2.44 bits per heavy atom. The van der Waals surface area contributed by atoms with Crippen LogP contribution in [-0.4, -0.2) is 35.2 Å². The number of carbonyl (C=O) groups excluding carboxylic acids is 1. The lowest BCUT2D eigenvalue weighted by molar-refractivity contribution is -0.137. The Morgan fingerprint density at radius 1 is 1.24 bits per heavy atom. The fourth-order valence-electron chi connectivity index (χ4n) is 2.85. The van der Waals surface area contributed by atoms with Crippen LogP contribution >= 0.6 is 0 Å². The third kappa shape index (κ3) is 4.41. The molecular weight excluding hydrogens is 320 g/mol. The first kappa shape index (κ1) is 18.6. The molecule has 1 heterocycles. The van der Waals surface area contributed by atoms with Crippen LogP contribution in [0.1, 0.15) is 35.1 Å². The number of methoxy groups -OCH3 is 1. The molecule has 0 saturated carbocycles. The molecule has 0 aliphatic carbocycles. The molecule has 1 aromatic heterocycles. The molecule has 6 heteroatoms. The number of amides is 1. The molecule has 0 saturated heterocycles. The average molecular weight is 344 g/mol. The number of carboxylic acids is 1. The minimum Gasteiger partial charge on any atom is -0.497 e. The predicted molar refractivity (Wildman–Crippen MR) is 95.5 cm³/mol. The zero-order valence-corrected chi connectivity index (χ0v) is 15.0. The van der Waals surface area contributed by atoms with Gasteiger partial charge in [-0.25, -0.2) is 0 Å². The number of rotatable bonds is 7. The fraction of sp³-hybridized carbons (Fsp3) is 0.368. The van der Waals surface area contributed by atoms with E-state index in [2.05, 4.69) is 5.32 Å². The van der Waals surface area contributed by atoms with Gasteiger partial charge in [0.25, 0.3) is 5.91 Å². The Labute approximate surface area is 147 Å². The summed E-state index contributed by atoms with van der Waals surface area (Å²) in [5.41, 5.74) is 3.34. The number of hydrogen-bond donors (Lipinski definition) is 2. The van der Waals surface area contributed by atoms with Crippen LogP contribution in [0, 0.1) is 19.8 Å². The summed E-state index contributed by atoms with van der Waals surface area (Å²) in [6.45, 7) is 5.97. The van der Waals surface area contributed by atoms with Crippen molar-refractivity contribution in [1.82, 2.24) is 9.88 Å². The van der Waals surface area contributed by atoms with Gasteiger partial charge in [0.05, 0.1) is 12.7 Å². The van der Waals surface area contributed by atoms with Gasteiger partial charge in [0.15, 0.2) is 0 Å². The van der Waals surface area contributed by atoms with E-state index in [9.17, 15) is 9.59 Å². The van der Waals surface area contributed by atoms with E-state index in [0.717, 1.165) is 22.8 Å². The van der Waals surface area contributed by atoms with Crippen molar-refractivity contribution in [2.45, 2.75) is 27.2 Å². The van der Waals surface area contributed by atoms with Gasteiger partial charge >= 0.3 is 5.97 Å². The molecular formula is C19H24N2O4. The van der Waals surface area contributed by atoms with E-state index in [4.69, 9.17) is 9.84 Å². The van der Waals surface area contributed by atoms with Crippen molar-refractivity contribution < 1.29 is 19.4 Å². The highest BCUT2D eigenvalue weighted by molar-refractivity contribution is 5.96. The van der Waals surface area contributed by atoms with Gasteiger partial charge in [-0.3, -0.25) is 9.59 Å². The van der Waals surface area contributed by atoms with Crippen LogP contribution in [0.15, 0.2) is 30.3 Å². The molecule has 6 nitrogen and oxygen atoms in total. The summed E-state index contributed by atoms with van der Waals surface area (Å²) in [6.07, 6.45) is 0.0329. The third-order valence-electron chi connectivity index (χ3n) is 4.14. The SMILES string of the molecule is COc1ccc(-n2c(C)cc(C(=O)NCC(C)CC(=O)O)c2C)cc1. The maximum absolute atomic E-state index is 12.5. The summed E-state index contributed by atoms with van der Waals surface area (Å²) in [5.74, 6) is -0.396. The lowest BCUT2D eigenvalue weighted by atomic mass is 10.1. The summed E-state index contributed by atoms with van der Waals surface area (Å²) < 4.78 is 7.18. The van der Waals surface area contributed by atoms with Crippen LogP contribution in [-0.2, 0) is 4.79 Å². The van der Waals surface area contributed by atoms with Gasteiger partial charge in [-0.2, -0.15) is 0 Å². The Bertz CT molecular complexity index is 762. The van der Waals surface area contributed by atoms with Crippen LogP contribution in [0.5, 0.6) is 5.75 Å². The Balaban J connectivity index is 2.17. The van der Waals surface area contributed by atoms with Crippen LogP contribution in [0.25, 0.3) is 5.69 Å². The van der Waals surface area contributed by atoms with Crippen molar-refractivity contribution in [3.8, 4) is 11.4 Å². The normalized spacial score (nSPS) is 11.8. The maximum atomic E-state index is 12.5. The van der Waals surface area contributed by atoms with E-state index in [1.54, 1.807) is 14.0 Å². The molecule has 1 amide bonds. The lowest BCUT2D eigenvalue weighted by Crippen LogP contribution is -2.29. The molecule has 1 atom stereocenters. The molecule has 0 aliphatic heterocycles. The van der Waals surface area contributed by atoms with Crippen LogP contribution in [0.3, 0.4) is 0 Å². The van der Waals surface area contributed by atoms with Gasteiger partial charge in [0.2, 0.25) is 0 Å². The summed E-state index contributed by atoms with van der Waals surface area (Å²) >= 11 is 0. The highest BCUT2D eigenvalue weighted by Gasteiger charge is 2.17. The average Bonchev–Trinajstić information content (AvgIpc) is 2.87. The lowest BCUT2D eigenvalue weighted by Gasteiger charge is -2.12. The number of nitrogens with zero attached hydrogens (tertiary/aromatic N) is 1. The Kier molecular flexibility index (Phi) is 5.85. The first-order chi connectivity index (χ1) is 11.8. The molecule has 1 aromatic carbocycles. The van der Waals surface area contributed by atoms with Crippen molar-refractivity contribution in [1.29, 1.82) is 0 Å². The number of aromatic nitrogens is 1. The summed E-state index contributed by atoms with van der Waals surface area (Å²) in [4.78, 5) is 23.2. The third-order valence-corrected chi connectivity index (χ3v) is 4.14. The molecule has 0 radical (unpaired) electrons. The monoisotopic (exact) mass is 344 g/mol. The molecule has 2 N–H and O–H groups in total. The number of benzene rings is 1. The van der Waals surface area contributed by atoms with Gasteiger partial charge in [0.1, 0.15) is 5.75 Å². The minimum absolute atomic E-state index is 0.0329. The molecule has 2 rings (SSSR count). The van der Waals surface area contributed by atoms with Crippen molar-refractivity contribution in [2.75, 3.05) is 13.7 Å². The topological polar surface area (TPSA) is 80.6 Å². The molecule has 0 fully saturated rings.